The second kappa shape index (κ2) is 8.07. The van der Waals surface area contributed by atoms with Crippen LogP contribution in [0.1, 0.15) is 16.7 Å². The number of methoxy groups -OCH3 is 2. The van der Waals surface area contributed by atoms with Gasteiger partial charge in [0, 0.05) is 17.6 Å². The van der Waals surface area contributed by atoms with Crippen LogP contribution in [0.15, 0.2) is 76.9 Å². The Hall–Kier alpha value is -4.17. The standard InChI is InChI=1S/C25H20N2O6/c1-30-18-9-7-17(8-10-18)25(29)20(13-15-4-3-5-19(12-15)31-2)23(24(28)32-25)16-6-11-21-22(14-16)27-33-26-21/h3-12,14,29H,13H2,1-2H3. The minimum absolute atomic E-state index is 0.246. The van der Waals surface area contributed by atoms with Crippen LogP contribution in [0.25, 0.3) is 16.6 Å². The van der Waals surface area contributed by atoms with Crippen molar-refractivity contribution in [2.24, 2.45) is 0 Å². The molecule has 3 aromatic carbocycles. The normalized spacial score (nSPS) is 18.0. The minimum Gasteiger partial charge on any atom is -0.497 e. The molecule has 0 saturated carbocycles. The maximum absolute atomic E-state index is 13.1. The van der Waals surface area contributed by atoms with Crippen molar-refractivity contribution < 1.29 is 28.7 Å². The molecule has 2 heterocycles. The first-order valence-electron chi connectivity index (χ1n) is 10.2. The summed E-state index contributed by atoms with van der Waals surface area (Å²) >= 11 is 0. The van der Waals surface area contributed by atoms with Gasteiger partial charge in [0.05, 0.1) is 19.8 Å². The highest BCUT2D eigenvalue weighted by Crippen LogP contribution is 2.45. The van der Waals surface area contributed by atoms with E-state index in [2.05, 4.69) is 10.3 Å². The van der Waals surface area contributed by atoms with Gasteiger partial charge in [-0.25, -0.2) is 9.42 Å². The highest BCUT2D eigenvalue weighted by molar-refractivity contribution is 6.20. The van der Waals surface area contributed by atoms with Crippen molar-refractivity contribution in [3.63, 3.8) is 0 Å². The number of carbonyl (C=O) groups excluding carboxylic acids is 1. The topological polar surface area (TPSA) is 104 Å². The zero-order valence-electron chi connectivity index (χ0n) is 17.9. The molecule has 0 bridgehead atoms. The average Bonchev–Trinajstić information content (AvgIpc) is 3.41. The smallest absolute Gasteiger partial charge is 0.342 e. The van der Waals surface area contributed by atoms with E-state index in [1.807, 2.05) is 24.3 Å². The zero-order chi connectivity index (χ0) is 23.0. The molecule has 1 aliphatic rings. The third-order valence-corrected chi connectivity index (χ3v) is 5.69. The molecule has 1 unspecified atom stereocenters. The summed E-state index contributed by atoms with van der Waals surface area (Å²) < 4.78 is 21.0. The summed E-state index contributed by atoms with van der Waals surface area (Å²) in [5, 5.41) is 19.4. The summed E-state index contributed by atoms with van der Waals surface area (Å²) in [6, 6.07) is 19.3. The van der Waals surface area contributed by atoms with Gasteiger partial charge in [-0.3, -0.25) is 0 Å². The van der Waals surface area contributed by atoms with Crippen LogP contribution in [0, 0.1) is 0 Å². The number of benzene rings is 3. The second-order valence-corrected chi connectivity index (χ2v) is 7.61. The van der Waals surface area contributed by atoms with Gasteiger partial charge in [0.25, 0.3) is 5.79 Å². The average molecular weight is 444 g/mol. The monoisotopic (exact) mass is 444 g/mol. The molecule has 0 saturated heterocycles. The Morgan fingerprint density at radius 3 is 2.42 bits per heavy atom. The van der Waals surface area contributed by atoms with Crippen molar-refractivity contribution in [1.29, 1.82) is 0 Å². The molecule has 0 fully saturated rings. The van der Waals surface area contributed by atoms with Crippen molar-refractivity contribution >= 4 is 22.6 Å². The van der Waals surface area contributed by atoms with E-state index >= 15 is 0 Å². The molecule has 8 nitrogen and oxygen atoms in total. The van der Waals surface area contributed by atoms with Gasteiger partial charge in [-0.2, -0.15) is 0 Å². The number of ether oxygens (including phenoxy) is 3. The molecule has 0 amide bonds. The van der Waals surface area contributed by atoms with Crippen LogP contribution in [-0.2, 0) is 21.7 Å². The number of rotatable bonds is 6. The fraction of sp³-hybridized carbons (Fsp3) is 0.160. The van der Waals surface area contributed by atoms with E-state index in [-0.39, 0.29) is 12.0 Å². The predicted octanol–water partition coefficient (Wildman–Crippen LogP) is 3.64. The summed E-state index contributed by atoms with van der Waals surface area (Å²) in [4.78, 5) is 13.1. The lowest BCUT2D eigenvalue weighted by atomic mass is 9.88. The third kappa shape index (κ3) is 3.60. The van der Waals surface area contributed by atoms with Crippen molar-refractivity contribution in [2.75, 3.05) is 14.2 Å². The molecule has 1 atom stereocenters. The Kier molecular flexibility index (Phi) is 5.07. The maximum Gasteiger partial charge on any atom is 0.342 e. The predicted molar refractivity (Wildman–Crippen MR) is 118 cm³/mol. The Bertz CT molecular complexity index is 1380. The quantitative estimate of drug-likeness (QED) is 0.450. The van der Waals surface area contributed by atoms with Crippen LogP contribution in [-0.4, -0.2) is 35.6 Å². The largest absolute Gasteiger partial charge is 0.497 e. The van der Waals surface area contributed by atoms with E-state index < -0.39 is 11.8 Å². The Labute approximate surface area is 189 Å². The Morgan fingerprint density at radius 1 is 0.909 bits per heavy atom. The third-order valence-electron chi connectivity index (χ3n) is 5.69. The highest BCUT2D eigenvalue weighted by atomic mass is 16.7. The van der Waals surface area contributed by atoms with E-state index in [0.29, 0.717) is 39.2 Å². The van der Waals surface area contributed by atoms with Gasteiger partial charge < -0.3 is 19.3 Å². The van der Waals surface area contributed by atoms with Gasteiger partial charge in [0.2, 0.25) is 0 Å². The number of aromatic nitrogens is 2. The lowest BCUT2D eigenvalue weighted by Gasteiger charge is -2.26. The molecule has 0 radical (unpaired) electrons. The summed E-state index contributed by atoms with van der Waals surface area (Å²) in [5.41, 5.74) is 3.53. The van der Waals surface area contributed by atoms with Gasteiger partial charge in [-0.15, -0.1) is 0 Å². The van der Waals surface area contributed by atoms with E-state index in [9.17, 15) is 9.90 Å². The summed E-state index contributed by atoms with van der Waals surface area (Å²) in [6.07, 6.45) is 0.246. The minimum atomic E-state index is -1.96. The molecular formula is C25H20N2O6. The fourth-order valence-electron chi connectivity index (χ4n) is 4.01. The first-order valence-corrected chi connectivity index (χ1v) is 10.2. The molecule has 1 aromatic heterocycles. The van der Waals surface area contributed by atoms with E-state index in [4.69, 9.17) is 18.8 Å². The molecule has 4 aromatic rings. The van der Waals surface area contributed by atoms with Crippen LogP contribution in [0.3, 0.4) is 0 Å². The number of fused-ring (bicyclic) bond motifs is 1. The van der Waals surface area contributed by atoms with Crippen LogP contribution in [0.4, 0.5) is 0 Å². The molecule has 0 aliphatic carbocycles. The number of esters is 1. The lowest BCUT2D eigenvalue weighted by molar-refractivity contribution is -0.185. The first kappa shape index (κ1) is 20.7. The molecule has 0 spiro atoms. The van der Waals surface area contributed by atoms with Crippen molar-refractivity contribution in [2.45, 2.75) is 12.2 Å². The summed E-state index contributed by atoms with van der Waals surface area (Å²) in [7, 11) is 3.14. The molecule has 33 heavy (non-hydrogen) atoms. The molecular weight excluding hydrogens is 424 g/mol. The zero-order valence-corrected chi connectivity index (χ0v) is 17.9. The Morgan fingerprint density at radius 2 is 1.67 bits per heavy atom. The van der Waals surface area contributed by atoms with Crippen molar-refractivity contribution in [1.82, 2.24) is 10.3 Å². The second-order valence-electron chi connectivity index (χ2n) is 7.61. The van der Waals surface area contributed by atoms with E-state index in [1.54, 1.807) is 56.7 Å². The summed E-state index contributed by atoms with van der Waals surface area (Å²) in [5.74, 6) is -1.31. The Balaban J connectivity index is 1.69. The number of nitrogens with zero attached hydrogens (tertiary/aromatic N) is 2. The lowest BCUT2D eigenvalue weighted by Crippen LogP contribution is -2.29. The van der Waals surface area contributed by atoms with Gasteiger partial charge in [-0.05, 0) is 70.0 Å². The number of carbonyl (C=O) groups is 1. The van der Waals surface area contributed by atoms with Gasteiger partial charge in [-0.1, -0.05) is 18.2 Å². The molecule has 1 aliphatic heterocycles. The number of aliphatic hydroxyl groups is 1. The molecule has 8 heteroatoms. The van der Waals surface area contributed by atoms with E-state index in [0.717, 1.165) is 5.56 Å². The van der Waals surface area contributed by atoms with Crippen LogP contribution in [0.2, 0.25) is 0 Å². The number of hydrogen-bond donors (Lipinski definition) is 1. The molecule has 1 N–H and O–H groups in total. The molecule has 166 valence electrons. The van der Waals surface area contributed by atoms with Gasteiger partial charge >= 0.3 is 5.97 Å². The van der Waals surface area contributed by atoms with E-state index in [1.165, 1.54) is 0 Å². The van der Waals surface area contributed by atoms with Crippen LogP contribution in [0.5, 0.6) is 11.5 Å². The van der Waals surface area contributed by atoms with Gasteiger partial charge in [0.15, 0.2) is 0 Å². The SMILES string of the molecule is COc1ccc(C2(O)OC(=O)C(c3ccc4nonc4c3)=C2Cc2cccc(OC)c2)cc1. The fourth-order valence-corrected chi connectivity index (χ4v) is 4.01. The maximum atomic E-state index is 13.1. The summed E-state index contributed by atoms with van der Waals surface area (Å²) in [6.45, 7) is 0. The number of hydrogen-bond acceptors (Lipinski definition) is 8. The van der Waals surface area contributed by atoms with Gasteiger partial charge in [0.1, 0.15) is 22.5 Å². The van der Waals surface area contributed by atoms with Crippen LogP contribution >= 0.6 is 0 Å². The van der Waals surface area contributed by atoms with Crippen molar-refractivity contribution in [3.8, 4) is 11.5 Å². The van der Waals surface area contributed by atoms with Crippen LogP contribution < -0.4 is 9.47 Å². The first-order chi connectivity index (χ1) is 16.0. The number of cyclic esters (lactones) is 1. The molecule has 5 rings (SSSR count). The highest BCUT2D eigenvalue weighted by Gasteiger charge is 2.48. The van der Waals surface area contributed by atoms with Crippen molar-refractivity contribution in [3.05, 3.63) is 89.0 Å².